The van der Waals surface area contributed by atoms with Gasteiger partial charge in [-0.25, -0.2) is 0 Å². The van der Waals surface area contributed by atoms with Gasteiger partial charge in [0.25, 0.3) is 0 Å². The number of carbonyl (C=O) groups is 1. The Kier molecular flexibility index (Phi) is 6.45. The van der Waals surface area contributed by atoms with Gasteiger partial charge in [-0.3, -0.25) is 9.69 Å². The monoisotopic (exact) mass is 397 g/mol. The normalized spacial score (nSPS) is 20.6. The number of nitrogens with zero attached hydrogens (tertiary/aromatic N) is 2. The summed E-state index contributed by atoms with van der Waals surface area (Å²) in [6.07, 6.45) is 3.12. The Balaban J connectivity index is 1.37. The lowest BCUT2D eigenvalue weighted by molar-refractivity contribution is -0.121. The molecule has 1 aromatic carbocycles. The zero-order valence-electron chi connectivity index (χ0n) is 16.7. The lowest BCUT2D eigenvalue weighted by Crippen LogP contribution is -2.48. The van der Waals surface area contributed by atoms with Crippen molar-refractivity contribution in [1.29, 1.82) is 0 Å². The van der Waals surface area contributed by atoms with E-state index in [9.17, 15) is 4.79 Å². The third kappa shape index (κ3) is 5.02. The van der Waals surface area contributed by atoms with Crippen LogP contribution in [0.3, 0.4) is 0 Å². The molecule has 2 heterocycles. The number of piperazine rings is 1. The van der Waals surface area contributed by atoms with E-state index in [1.165, 1.54) is 23.3 Å². The summed E-state index contributed by atoms with van der Waals surface area (Å²) in [5.41, 5.74) is 1.31. The minimum Gasteiger partial charge on any atom is -0.354 e. The fourth-order valence-electron chi connectivity index (χ4n) is 4.26. The maximum Gasteiger partial charge on any atom is 0.220 e. The first kappa shape index (κ1) is 19.6. The average Bonchev–Trinajstić information content (AvgIpc) is 3.42. The van der Waals surface area contributed by atoms with E-state index in [-0.39, 0.29) is 11.9 Å². The zero-order chi connectivity index (χ0) is 19.3. The molecule has 150 valence electrons. The number of benzene rings is 1. The first-order valence-corrected chi connectivity index (χ1v) is 11.4. The highest BCUT2D eigenvalue weighted by molar-refractivity contribution is 7.10. The topological polar surface area (TPSA) is 35.6 Å². The largest absolute Gasteiger partial charge is 0.354 e. The highest BCUT2D eigenvalue weighted by atomic mass is 32.1. The molecule has 0 bridgehead atoms. The molecule has 4 nitrogen and oxygen atoms in total. The quantitative estimate of drug-likeness (QED) is 0.737. The van der Waals surface area contributed by atoms with Gasteiger partial charge in [-0.1, -0.05) is 36.4 Å². The van der Waals surface area contributed by atoms with Crippen LogP contribution >= 0.6 is 11.3 Å². The number of hydrogen-bond acceptors (Lipinski definition) is 4. The molecule has 1 amide bonds. The molecular formula is C23H31N3OS. The van der Waals surface area contributed by atoms with Gasteiger partial charge in [-0.15, -0.1) is 11.3 Å². The molecule has 1 aliphatic heterocycles. The van der Waals surface area contributed by atoms with Crippen molar-refractivity contribution in [2.24, 2.45) is 5.92 Å². The van der Waals surface area contributed by atoms with E-state index in [4.69, 9.17) is 0 Å². The summed E-state index contributed by atoms with van der Waals surface area (Å²) < 4.78 is 0. The first-order valence-electron chi connectivity index (χ1n) is 10.5. The second-order valence-electron chi connectivity index (χ2n) is 8.23. The molecule has 0 spiro atoms. The molecule has 1 saturated carbocycles. The highest BCUT2D eigenvalue weighted by Crippen LogP contribution is 2.44. The van der Waals surface area contributed by atoms with Gasteiger partial charge in [0.15, 0.2) is 0 Å². The molecule has 2 atom stereocenters. The summed E-state index contributed by atoms with van der Waals surface area (Å²) in [7, 11) is 2.18. The summed E-state index contributed by atoms with van der Waals surface area (Å²) >= 11 is 1.80. The fourth-order valence-corrected chi connectivity index (χ4v) is 5.12. The van der Waals surface area contributed by atoms with Gasteiger partial charge in [0.05, 0.1) is 6.04 Å². The predicted octanol–water partition coefficient (Wildman–Crippen LogP) is 3.74. The predicted molar refractivity (Wildman–Crippen MR) is 116 cm³/mol. The van der Waals surface area contributed by atoms with Crippen molar-refractivity contribution in [2.75, 3.05) is 39.8 Å². The van der Waals surface area contributed by atoms with Gasteiger partial charge in [-0.05, 0) is 48.7 Å². The molecule has 2 unspecified atom stereocenters. The van der Waals surface area contributed by atoms with Gasteiger partial charge in [0.1, 0.15) is 0 Å². The van der Waals surface area contributed by atoms with Crippen LogP contribution in [0.1, 0.15) is 41.7 Å². The summed E-state index contributed by atoms with van der Waals surface area (Å²) in [4.78, 5) is 19.1. The zero-order valence-corrected chi connectivity index (χ0v) is 17.5. The smallest absolute Gasteiger partial charge is 0.220 e. The van der Waals surface area contributed by atoms with E-state index in [1.54, 1.807) is 11.3 Å². The number of amides is 1. The van der Waals surface area contributed by atoms with Crippen LogP contribution in [-0.2, 0) is 4.79 Å². The maximum atomic E-state index is 12.8. The molecule has 4 rings (SSSR count). The molecule has 28 heavy (non-hydrogen) atoms. The molecule has 1 saturated heterocycles. The van der Waals surface area contributed by atoms with Crippen molar-refractivity contribution < 1.29 is 4.79 Å². The van der Waals surface area contributed by atoms with Crippen LogP contribution in [0.15, 0.2) is 47.8 Å². The van der Waals surface area contributed by atoms with Crippen molar-refractivity contribution in [3.05, 3.63) is 58.3 Å². The van der Waals surface area contributed by atoms with Crippen LogP contribution in [0.5, 0.6) is 0 Å². The van der Waals surface area contributed by atoms with Crippen LogP contribution in [0.2, 0.25) is 0 Å². The van der Waals surface area contributed by atoms with Crippen molar-refractivity contribution in [1.82, 2.24) is 15.1 Å². The van der Waals surface area contributed by atoms with Gasteiger partial charge in [0.2, 0.25) is 5.91 Å². The Morgan fingerprint density at radius 1 is 1.11 bits per heavy atom. The summed E-state index contributed by atoms with van der Waals surface area (Å²) in [5, 5.41) is 5.41. The molecule has 2 fully saturated rings. The van der Waals surface area contributed by atoms with Crippen LogP contribution in [0, 0.1) is 5.92 Å². The van der Waals surface area contributed by atoms with E-state index < -0.39 is 0 Å². The highest BCUT2D eigenvalue weighted by Gasteiger charge is 2.34. The van der Waals surface area contributed by atoms with E-state index in [1.807, 2.05) is 0 Å². The SMILES string of the molecule is CN1CCN(C(CNC(=O)CC(c2ccccc2)C2CC2)c2cccs2)CC1. The van der Waals surface area contributed by atoms with E-state index in [0.29, 0.717) is 24.8 Å². The standard InChI is InChI=1S/C23H31N3OS/c1-25-11-13-26(14-12-25)21(22-8-5-15-28-22)17-24-23(27)16-20(19-9-10-19)18-6-3-2-4-7-18/h2-8,15,19-21H,9-14,16-17H2,1H3,(H,24,27). The molecule has 1 aromatic heterocycles. The molecule has 2 aromatic rings. The van der Waals surface area contributed by atoms with Crippen LogP contribution in [0.25, 0.3) is 0 Å². The summed E-state index contributed by atoms with van der Waals surface area (Å²) in [5.74, 6) is 1.24. The lowest BCUT2D eigenvalue weighted by Gasteiger charge is -2.37. The minimum atomic E-state index is 0.191. The summed E-state index contributed by atoms with van der Waals surface area (Å²) in [6, 6.07) is 15.2. The average molecular weight is 398 g/mol. The van der Waals surface area contributed by atoms with E-state index >= 15 is 0 Å². The first-order chi connectivity index (χ1) is 13.7. The maximum absolute atomic E-state index is 12.8. The number of carbonyl (C=O) groups excluding carboxylic acids is 1. The Morgan fingerprint density at radius 2 is 1.86 bits per heavy atom. The second kappa shape index (κ2) is 9.21. The van der Waals surface area contributed by atoms with E-state index in [2.05, 4.69) is 70.0 Å². The molecule has 1 N–H and O–H groups in total. The third-order valence-corrected chi connectivity index (χ3v) is 7.14. The van der Waals surface area contributed by atoms with Gasteiger partial charge < -0.3 is 10.2 Å². The van der Waals surface area contributed by atoms with E-state index in [0.717, 1.165) is 26.2 Å². The molecule has 5 heteroatoms. The van der Waals surface area contributed by atoms with Crippen molar-refractivity contribution in [2.45, 2.75) is 31.2 Å². The minimum absolute atomic E-state index is 0.191. The van der Waals surface area contributed by atoms with Gasteiger partial charge >= 0.3 is 0 Å². The summed E-state index contributed by atoms with van der Waals surface area (Å²) in [6.45, 7) is 5.00. The lowest BCUT2D eigenvalue weighted by atomic mass is 9.91. The van der Waals surface area contributed by atoms with Gasteiger partial charge in [0, 0.05) is 44.0 Å². The Morgan fingerprint density at radius 3 is 2.50 bits per heavy atom. The van der Waals surface area contributed by atoms with Crippen molar-refractivity contribution >= 4 is 17.2 Å². The second-order valence-corrected chi connectivity index (χ2v) is 9.21. The number of nitrogens with one attached hydrogen (secondary N) is 1. The molecule has 0 radical (unpaired) electrons. The van der Waals surface area contributed by atoms with Crippen molar-refractivity contribution in [3.63, 3.8) is 0 Å². The molecule has 2 aliphatic rings. The third-order valence-electron chi connectivity index (χ3n) is 6.17. The number of thiophene rings is 1. The van der Waals surface area contributed by atoms with Crippen LogP contribution in [0.4, 0.5) is 0 Å². The Labute approximate surface area is 172 Å². The number of rotatable bonds is 8. The number of hydrogen-bond donors (Lipinski definition) is 1. The van der Waals surface area contributed by atoms with Crippen LogP contribution < -0.4 is 5.32 Å². The number of likely N-dealkylation sites (N-methyl/N-ethyl adjacent to an activating group) is 1. The van der Waals surface area contributed by atoms with Gasteiger partial charge in [-0.2, -0.15) is 0 Å². The van der Waals surface area contributed by atoms with Crippen LogP contribution in [-0.4, -0.2) is 55.5 Å². The molecular weight excluding hydrogens is 366 g/mol. The Hall–Kier alpha value is -1.69. The molecule has 1 aliphatic carbocycles. The Bertz CT molecular complexity index is 736. The van der Waals surface area contributed by atoms with Crippen molar-refractivity contribution in [3.8, 4) is 0 Å². The fraction of sp³-hybridized carbons (Fsp3) is 0.522.